The Hall–Kier alpha value is -3.65. The third-order valence-corrected chi connectivity index (χ3v) is 5.34. The van der Waals surface area contributed by atoms with Crippen LogP contribution < -0.4 is 5.73 Å². The minimum atomic E-state index is -0.901. The Bertz CT molecular complexity index is 1070. The van der Waals surface area contributed by atoms with Crippen molar-refractivity contribution in [2.75, 3.05) is 6.54 Å². The van der Waals surface area contributed by atoms with E-state index in [1.54, 1.807) is 10.9 Å². The van der Waals surface area contributed by atoms with Gasteiger partial charge < -0.3 is 10.6 Å². The van der Waals surface area contributed by atoms with Crippen LogP contribution in [0.4, 0.5) is 4.79 Å². The molecule has 146 valence electrons. The van der Waals surface area contributed by atoms with Crippen LogP contribution >= 0.6 is 0 Å². The lowest BCUT2D eigenvalue weighted by molar-refractivity contribution is -0.141. The number of carbonyl (C=O) groups excluding carboxylic acids is 2. The number of hydrogen-bond acceptors (Lipinski definition) is 4. The van der Waals surface area contributed by atoms with Gasteiger partial charge in [0.15, 0.2) is 6.04 Å². The maximum absolute atomic E-state index is 13.0. The van der Waals surface area contributed by atoms with E-state index < -0.39 is 11.9 Å². The molecule has 1 aromatic heterocycles. The average Bonchev–Trinajstić information content (AvgIpc) is 3.29. The summed E-state index contributed by atoms with van der Waals surface area (Å²) in [4.78, 5) is 32.7. The lowest BCUT2D eigenvalue weighted by atomic mass is 9.97. The van der Waals surface area contributed by atoms with Gasteiger partial charge in [-0.05, 0) is 17.7 Å². The monoisotopic (exact) mass is 389 g/mol. The number of nitrogens with zero attached hydrogens (tertiary/aromatic N) is 4. The standard InChI is InChI=1S/C21H19N5O3/c22-20(27)19-18-16(11-23-25(18)15-9-5-2-6-10-15)17-12-24(19)21(28)26(17)29-13-14-7-3-1-4-8-14/h1-11,17,19H,12-13H2,(H2,22,27). The molecule has 0 spiro atoms. The Morgan fingerprint density at radius 3 is 2.48 bits per heavy atom. The van der Waals surface area contributed by atoms with Crippen LogP contribution in [0.5, 0.6) is 0 Å². The Morgan fingerprint density at radius 2 is 1.79 bits per heavy atom. The average molecular weight is 389 g/mol. The number of hydrogen-bond donors (Lipinski definition) is 1. The van der Waals surface area contributed by atoms with Crippen LogP contribution in [0.15, 0.2) is 66.9 Å². The third-order valence-electron chi connectivity index (χ3n) is 5.34. The van der Waals surface area contributed by atoms with Gasteiger partial charge in [-0.25, -0.2) is 9.48 Å². The molecule has 29 heavy (non-hydrogen) atoms. The van der Waals surface area contributed by atoms with Gasteiger partial charge in [-0.1, -0.05) is 48.5 Å². The number of aromatic nitrogens is 2. The fourth-order valence-electron chi connectivity index (χ4n) is 4.01. The third kappa shape index (κ3) is 2.76. The van der Waals surface area contributed by atoms with Crippen LogP contribution in [0.3, 0.4) is 0 Å². The zero-order chi connectivity index (χ0) is 20.0. The number of nitrogens with two attached hydrogens (primary N) is 1. The molecule has 3 heterocycles. The first kappa shape index (κ1) is 17.4. The van der Waals surface area contributed by atoms with Crippen LogP contribution in [0.25, 0.3) is 5.69 Å². The number of benzene rings is 2. The van der Waals surface area contributed by atoms with Crippen molar-refractivity contribution < 1.29 is 14.4 Å². The van der Waals surface area contributed by atoms with E-state index in [0.29, 0.717) is 12.2 Å². The molecule has 1 fully saturated rings. The van der Waals surface area contributed by atoms with E-state index in [1.165, 1.54) is 9.96 Å². The second-order valence-corrected chi connectivity index (χ2v) is 7.07. The van der Waals surface area contributed by atoms with Gasteiger partial charge in [0.2, 0.25) is 5.91 Å². The molecule has 0 saturated carbocycles. The molecule has 0 radical (unpaired) electrons. The van der Waals surface area contributed by atoms with Gasteiger partial charge in [0, 0.05) is 5.56 Å². The van der Waals surface area contributed by atoms with Crippen LogP contribution in [-0.4, -0.2) is 38.2 Å². The van der Waals surface area contributed by atoms with Crippen molar-refractivity contribution in [3.8, 4) is 5.69 Å². The van der Waals surface area contributed by atoms with E-state index >= 15 is 0 Å². The molecule has 0 aliphatic carbocycles. The zero-order valence-electron chi connectivity index (χ0n) is 15.5. The Kier molecular flexibility index (Phi) is 4.06. The van der Waals surface area contributed by atoms with Crippen molar-refractivity contribution in [1.29, 1.82) is 0 Å². The van der Waals surface area contributed by atoms with Gasteiger partial charge in [0.05, 0.1) is 24.1 Å². The summed E-state index contributed by atoms with van der Waals surface area (Å²) in [6, 6.07) is 17.4. The molecule has 3 aromatic rings. The molecule has 2 aliphatic rings. The second kappa shape index (κ2) is 6.75. The number of fused-ring (bicyclic) bond motifs is 4. The summed E-state index contributed by atoms with van der Waals surface area (Å²) >= 11 is 0. The topological polar surface area (TPSA) is 93.7 Å². The fourth-order valence-corrected chi connectivity index (χ4v) is 4.01. The van der Waals surface area contributed by atoms with Gasteiger partial charge in [-0.3, -0.25) is 9.63 Å². The van der Waals surface area contributed by atoms with E-state index in [9.17, 15) is 9.59 Å². The van der Waals surface area contributed by atoms with Crippen LogP contribution in [-0.2, 0) is 16.2 Å². The minimum Gasteiger partial charge on any atom is -0.368 e. The molecule has 2 aliphatic heterocycles. The normalized spacial score (nSPS) is 20.1. The molecule has 5 rings (SSSR count). The number of para-hydroxylation sites is 1. The van der Waals surface area contributed by atoms with E-state index in [-0.39, 0.29) is 18.7 Å². The SMILES string of the molecule is NC(=O)C1c2c(cnn2-c2ccccc2)C2CN1C(=O)N2OCc1ccccc1. The predicted octanol–water partition coefficient (Wildman–Crippen LogP) is 2.32. The van der Waals surface area contributed by atoms with Gasteiger partial charge in [0.1, 0.15) is 12.6 Å². The second-order valence-electron chi connectivity index (χ2n) is 7.07. The van der Waals surface area contributed by atoms with Crippen molar-refractivity contribution in [2.45, 2.75) is 18.7 Å². The first-order valence-corrected chi connectivity index (χ1v) is 9.34. The molecule has 8 nitrogen and oxygen atoms in total. The smallest absolute Gasteiger partial charge is 0.345 e. The number of urea groups is 1. The molecule has 3 amide bonds. The maximum atomic E-state index is 13.0. The highest BCUT2D eigenvalue weighted by atomic mass is 16.7. The number of primary amides is 1. The molecule has 2 unspecified atom stereocenters. The first-order valence-electron chi connectivity index (χ1n) is 9.34. The zero-order valence-corrected chi connectivity index (χ0v) is 15.5. The summed E-state index contributed by atoms with van der Waals surface area (Å²) < 4.78 is 1.68. The van der Waals surface area contributed by atoms with Crippen LogP contribution in [0, 0.1) is 0 Å². The first-order chi connectivity index (χ1) is 14.1. The van der Waals surface area contributed by atoms with Gasteiger partial charge in [-0.15, -0.1) is 0 Å². The summed E-state index contributed by atoms with van der Waals surface area (Å²) in [6.45, 7) is 0.578. The highest BCUT2D eigenvalue weighted by Gasteiger charge is 2.52. The largest absolute Gasteiger partial charge is 0.368 e. The number of hydroxylamine groups is 2. The molecule has 2 atom stereocenters. The molecular weight excluding hydrogens is 370 g/mol. The fraction of sp³-hybridized carbons (Fsp3) is 0.190. The van der Waals surface area contributed by atoms with Crippen molar-refractivity contribution >= 4 is 11.9 Å². The minimum absolute atomic E-state index is 0.250. The summed E-state index contributed by atoms with van der Waals surface area (Å²) in [6.07, 6.45) is 1.69. The lowest BCUT2D eigenvalue weighted by Gasteiger charge is -2.29. The molecule has 2 aromatic carbocycles. The summed E-state index contributed by atoms with van der Waals surface area (Å²) in [7, 11) is 0. The Labute approximate surface area is 167 Å². The lowest BCUT2D eigenvalue weighted by Crippen LogP contribution is -2.42. The maximum Gasteiger partial charge on any atom is 0.345 e. The van der Waals surface area contributed by atoms with Gasteiger partial charge in [0.25, 0.3) is 0 Å². The quantitative estimate of drug-likeness (QED) is 0.725. The Balaban J connectivity index is 1.53. The number of amides is 3. The molecule has 2 N–H and O–H groups in total. The summed E-state index contributed by atoms with van der Waals surface area (Å²) in [5, 5.41) is 5.82. The van der Waals surface area contributed by atoms with Crippen molar-refractivity contribution in [3.05, 3.63) is 83.7 Å². The number of carbonyl (C=O) groups is 2. The van der Waals surface area contributed by atoms with Gasteiger partial charge >= 0.3 is 6.03 Å². The van der Waals surface area contributed by atoms with Crippen molar-refractivity contribution in [2.24, 2.45) is 5.73 Å². The number of rotatable bonds is 5. The van der Waals surface area contributed by atoms with Crippen LogP contribution in [0.2, 0.25) is 0 Å². The molecular formula is C21H19N5O3. The molecule has 1 saturated heterocycles. The highest BCUT2D eigenvalue weighted by Crippen LogP contribution is 2.44. The summed E-state index contributed by atoms with van der Waals surface area (Å²) in [5.41, 5.74) is 8.84. The van der Waals surface area contributed by atoms with Crippen molar-refractivity contribution in [3.63, 3.8) is 0 Å². The van der Waals surface area contributed by atoms with Crippen molar-refractivity contribution in [1.82, 2.24) is 19.7 Å². The summed E-state index contributed by atoms with van der Waals surface area (Å²) in [5.74, 6) is -0.597. The Morgan fingerprint density at radius 1 is 1.10 bits per heavy atom. The van der Waals surface area contributed by atoms with Crippen LogP contribution in [0.1, 0.15) is 28.9 Å². The van der Waals surface area contributed by atoms with E-state index in [0.717, 1.165) is 16.8 Å². The van der Waals surface area contributed by atoms with Gasteiger partial charge in [-0.2, -0.15) is 10.2 Å². The molecule has 2 bridgehead atoms. The van der Waals surface area contributed by atoms with E-state index in [2.05, 4.69) is 5.10 Å². The predicted molar refractivity (Wildman–Crippen MR) is 103 cm³/mol. The highest BCUT2D eigenvalue weighted by molar-refractivity contribution is 5.89. The molecule has 8 heteroatoms. The van der Waals surface area contributed by atoms with E-state index in [1.807, 2.05) is 60.7 Å². The van der Waals surface area contributed by atoms with E-state index in [4.69, 9.17) is 10.6 Å².